The fourth-order valence-corrected chi connectivity index (χ4v) is 2.97. The van der Waals surface area contributed by atoms with Gasteiger partial charge in [-0.2, -0.15) is 0 Å². The summed E-state index contributed by atoms with van der Waals surface area (Å²) in [7, 11) is 4.31. The zero-order valence-electron chi connectivity index (χ0n) is 15.1. The largest absolute Gasteiger partial charge is 0.364 e. The van der Waals surface area contributed by atoms with Crippen LogP contribution < -0.4 is 10.2 Å². The van der Waals surface area contributed by atoms with Gasteiger partial charge in [-0.1, -0.05) is 17.7 Å². The molecule has 3 aromatic rings. The number of aryl methyl sites for hydroxylation is 2. The van der Waals surface area contributed by atoms with Gasteiger partial charge < -0.3 is 10.2 Å². The van der Waals surface area contributed by atoms with Gasteiger partial charge in [0.2, 0.25) is 0 Å². The summed E-state index contributed by atoms with van der Waals surface area (Å²) in [4.78, 5) is 10.5. The first-order chi connectivity index (χ1) is 11.5. The van der Waals surface area contributed by atoms with E-state index < -0.39 is 0 Å². The SMILES string of the molecule is Cc1ccc(-n2c(C)c(C)c3c(NCC[NH+](C)C)ncnc32)cc1. The number of rotatable bonds is 5. The van der Waals surface area contributed by atoms with Crippen molar-refractivity contribution < 1.29 is 4.90 Å². The van der Waals surface area contributed by atoms with Crippen molar-refractivity contribution in [3.8, 4) is 5.69 Å². The molecule has 0 fully saturated rings. The van der Waals surface area contributed by atoms with E-state index in [0.29, 0.717) is 0 Å². The molecule has 0 atom stereocenters. The number of likely N-dealkylation sites (N-methyl/N-ethyl adjacent to an activating group) is 1. The third kappa shape index (κ3) is 2.99. The van der Waals surface area contributed by atoms with Crippen LogP contribution in [0.25, 0.3) is 16.7 Å². The molecular weight excluding hydrogens is 298 g/mol. The molecule has 0 saturated carbocycles. The molecule has 2 aromatic heterocycles. The summed E-state index contributed by atoms with van der Waals surface area (Å²) in [6, 6.07) is 8.56. The smallest absolute Gasteiger partial charge is 0.150 e. The van der Waals surface area contributed by atoms with Gasteiger partial charge in [0.1, 0.15) is 12.1 Å². The molecule has 126 valence electrons. The lowest BCUT2D eigenvalue weighted by atomic mass is 10.2. The van der Waals surface area contributed by atoms with E-state index in [1.165, 1.54) is 21.7 Å². The highest BCUT2D eigenvalue weighted by Crippen LogP contribution is 2.31. The lowest BCUT2D eigenvalue weighted by Gasteiger charge is -2.10. The molecule has 5 heteroatoms. The standard InChI is InChI=1S/C19H25N5/c1-13-6-8-16(9-7-13)24-15(3)14(2)17-18(20-10-11-23(4)5)21-12-22-19(17)24/h6-9,12H,10-11H2,1-5H3,(H,20,21,22)/p+1. The minimum atomic E-state index is 0.892. The van der Waals surface area contributed by atoms with E-state index >= 15 is 0 Å². The highest BCUT2D eigenvalue weighted by Gasteiger charge is 2.17. The van der Waals surface area contributed by atoms with Crippen LogP contribution in [0.5, 0.6) is 0 Å². The normalized spacial score (nSPS) is 11.4. The number of nitrogens with zero attached hydrogens (tertiary/aromatic N) is 3. The molecule has 0 bridgehead atoms. The van der Waals surface area contributed by atoms with Gasteiger partial charge >= 0.3 is 0 Å². The molecule has 0 saturated heterocycles. The van der Waals surface area contributed by atoms with Crippen molar-refractivity contribution in [3.63, 3.8) is 0 Å². The third-order valence-electron chi connectivity index (χ3n) is 4.50. The Balaban J connectivity index is 2.09. The Morgan fingerprint density at radius 3 is 2.42 bits per heavy atom. The molecule has 3 rings (SSSR count). The Morgan fingerprint density at radius 2 is 1.75 bits per heavy atom. The number of fused-ring (bicyclic) bond motifs is 1. The average molecular weight is 324 g/mol. The van der Waals surface area contributed by atoms with Crippen LogP contribution >= 0.6 is 0 Å². The molecular formula is C19H26N5+. The van der Waals surface area contributed by atoms with Crippen LogP contribution in [0.3, 0.4) is 0 Å². The maximum Gasteiger partial charge on any atom is 0.150 e. The number of quaternary nitrogens is 1. The first kappa shape index (κ1) is 16.5. The Bertz CT molecular complexity index is 846. The predicted molar refractivity (Wildman–Crippen MR) is 99.2 cm³/mol. The molecule has 0 aliphatic carbocycles. The lowest BCUT2D eigenvalue weighted by Crippen LogP contribution is -3.06. The number of nitrogens with one attached hydrogen (secondary N) is 2. The second-order valence-corrected chi connectivity index (χ2v) is 6.69. The highest BCUT2D eigenvalue weighted by atomic mass is 15.1. The maximum atomic E-state index is 4.57. The molecule has 24 heavy (non-hydrogen) atoms. The first-order valence-corrected chi connectivity index (χ1v) is 8.41. The molecule has 1 aromatic carbocycles. The zero-order valence-corrected chi connectivity index (χ0v) is 15.1. The van der Waals surface area contributed by atoms with Gasteiger partial charge in [-0.05, 0) is 38.5 Å². The van der Waals surface area contributed by atoms with Crippen LogP contribution in [0.1, 0.15) is 16.8 Å². The van der Waals surface area contributed by atoms with E-state index in [-0.39, 0.29) is 0 Å². The molecule has 0 radical (unpaired) electrons. The monoisotopic (exact) mass is 324 g/mol. The van der Waals surface area contributed by atoms with Gasteiger partial charge in [-0.25, -0.2) is 9.97 Å². The highest BCUT2D eigenvalue weighted by molar-refractivity contribution is 5.93. The van der Waals surface area contributed by atoms with Crippen molar-refractivity contribution in [2.24, 2.45) is 0 Å². The van der Waals surface area contributed by atoms with Gasteiger partial charge in [0.05, 0.1) is 32.6 Å². The van der Waals surface area contributed by atoms with Crippen molar-refractivity contribution in [3.05, 3.63) is 47.4 Å². The van der Waals surface area contributed by atoms with Crippen molar-refractivity contribution in [1.29, 1.82) is 0 Å². The molecule has 5 nitrogen and oxygen atoms in total. The summed E-state index contributed by atoms with van der Waals surface area (Å²) in [5.74, 6) is 0.924. The van der Waals surface area contributed by atoms with E-state index in [0.717, 1.165) is 35.6 Å². The zero-order chi connectivity index (χ0) is 17.3. The van der Waals surface area contributed by atoms with Crippen LogP contribution in [0.4, 0.5) is 5.82 Å². The summed E-state index contributed by atoms with van der Waals surface area (Å²) >= 11 is 0. The minimum Gasteiger partial charge on any atom is -0.364 e. The molecule has 0 amide bonds. The van der Waals surface area contributed by atoms with Crippen LogP contribution in [0, 0.1) is 20.8 Å². The van der Waals surface area contributed by atoms with Gasteiger partial charge in [-0.3, -0.25) is 4.57 Å². The van der Waals surface area contributed by atoms with Crippen LogP contribution in [0.2, 0.25) is 0 Å². The Kier molecular flexibility index (Phi) is 4.53. The summed E-state index contributed by atoms with van der Waals surface area (Å²) in [6.45, 7) is 8.33. The lowest BCUT2D eigenvalue weighted by molar-refractivity contribution is -0.856. The maximum absolute atomic E-state index is 4.57. The molecule has 0 aliphatic rings. The summed E-state index contributed by atoms with van der Waals surface area (Å²) in [5.41, 5.74) is 5.79. The summed E-state index contributed by atoms with van der Waals surface area (Å²) in [6.07, 6.45) is 1.65. The third-order valence-corrected chi connectivity index (χ3v) is 4.50. The second-order valence-electron chi connectivity index (χ2n) is 6.69. The van der Waals surface area contributed by atoms with E-state index in [2.05, 4.69) is 79.0 Å². The fraction of sp³-hybridized carbons (Fsp3) is 0.368. The number of hydrogen-bond acceptors (Lipinski definition) is 3. The Hall–Kier alpha value is -2.40. The van der Waals surface area contributed by atoms with Crippen LogP contribution in [0.15, 0.2) is 30.6 Å². The number of aromatic nitrogens is 3. The number of benzene rings is 1. The molecule has 0 aliphatic heterocycles. The van der Waals surface area contributed by atoms with Crippen molar-refractivity contribution >= 4 is 16.9 Å². The van der Waals surface area contributed by atoms with Gasteiger partial charge in [-0.15, -0.1) is 0 Å². The second kappa shape index (κ2) is 6.61. The van der Waals surface area contributed by atoms with Gasteiger partial charge in [0.25, 0.3) is 0 Å². The van der Waals surface area contributed by atoms with E-state index in [9.17, 15) is 0 Å². The summed E-state index contributed by atoms with van der Waals surface area (Å²) < 4.78 is 2.22. The topological polar surface area (TPSA) is 47.2 Å². The van der Waals surface area contributed by atoms with Crippen molar-refractivity contribution in [2.45, 2.75) is 20.8 Å². The Morgan fingerprint density at radius 1 is 1.04 bits per heavy atom. The van der Waals surface area contributed by atoms with Gasteiger partial charge in [0, 0.05) is 11.4 Å². The predicted octanol–water partition coefficient (Wildman–Crippen LogP) is 1.90. The fourth-order valence-electron chi connectivity index (χ4n) is 2.97. The number of hydrogen-bond donors (Lipinski definition) is 2. The molecule has 2 heterocycles. The minimum absolute atomic E-state index is 0.892. The number of anilines is 1. The van der Waals surface area contributed by atoms with Gasteiger partial charge in [0.15, 0.2) is 5.65 Å². The van der Waals surface area contributed by atoms with Crippen LogP contribution in [-0.2, 0) is 0 Å². The summed E-state index contributed by atoms with van der Waals surface area (Å²) in [5, 5.41) is 4.59. The van der Waals surface area contributed by atoms with E-state index in [4.69, 9.17) is 0 Å². The average Bonchev–Trinajstić information content (AvgIpc) is 2.80. The first-order valence-electron chi connectivity index (χ1n) is 8.41. The Labute approximate surface area is 143 Å². The van der Waals surface area contributed by atoms with Crippen molar-refractivity contribution in [1.82, 2.24) is 14.5 Å². The van der Waals surface area contributed by atoms with E-state index in [1.54, 1.807) is 6.33 Å². The molecule has 2 N–H and O–H groups in total. The molecule has 0 spiro atoms. The van der Waals surface area contributed by atoms with Crippen molar-refractivity contribution in [2.75, 3.05) is 32.5 Å². The van der Waals surface area contributed by atoms with Crippen LogP contribution in [-0.4, -0.2) is 41.7 Å². The molecule has 0 unspecified atom stereocenters. The quantitative estimate of drug-likeness (QED) is 0.754. The van der Waals surface area contributed by atoms with E-state index in [1.807, 2.05) is 0 Å².